The van der Waals surface area contributed by atoms with Crippen molar-refractivity contribution in [1.82, 2.24) is 24.8 Å². The van der Waals surface area contributed by atoms with Crippen molar-refractivity contribution < 1.29 is 4.92 Å². The van der Waals surface area contributed by atoms with Crippen molar-refractivity contribution in [3.63, 3.8) is 0 Å². The van der Waals surface area contributed by atoms with E-state index in [0.717, 1.165) is 37.3 Å². The molecular weight excluding hydrogens is 456 g/mol. The van der Waals surface area contributed by atoms with Gasteiger partial charge in [0.2, 0.25) is 5.95 Å². The van der Waals surface area contributed by atoms with Gasteiger partial charge in [-0.15, -0.1) is 0 Å². The summed E-state index contributed by atoms with van der Waals surface area (Å²) in [5.74, 6) is 1.28. The Morgan fingerprint density at radius 2 is 1.85 bits per heavy atom. The monoisotopic (exact) mass is 478 g/mol. The van der Waals surface area contributed by atoms with Crippen LogP contribution < -0.4 is 15.5 Å². The minimum atomic E-state index is -0.402. The van der Waals surface area contributed by atoms with Gasteiger partial charge in [-0.25, -0.2) is 4.98 Å². The maximum atomic E-state index is 11.0. The first-order chi connectivity index (χ1) is 16.6. The number of nitrogens with one attached hydrogen (secondary N) is 2. The van der Waals surface area contributed by atoms with Crippen LogP contribution in [0.15, 0.2) is 54.9 Å². The Labute approximate surface area is 200 Å². The van der Waals surface area contributed by atoms with Gasteiger partial charge in [0.25, 0.3) is 5.69 Å². The van der Waals surface area contributed by atoms with Crippen LogP contribution in [0.5, 0.6) is 0 Å². The average Bonchev–Trinajstić information content (AvgIpc) is 3.27. The number of nitro benzene ring substituents is 1. The number of halogens is 1. The molecule has 4 aromatic rings. The smallest absolute Gasteiger partial charge is 0.269 e. The quantitative estimate of drug-likeness (QED) is 0.306. The number of piperazine rings is 1. The molecular formula is C23H23ClN8O2. The second-order valence-corrected chi connectivity index (χ2v) is 8.43. The van der Waals surface area contributed by atoms with E-state index in [2.05, 4.69) is 20.5 Å². The Hall–Kier alpha value is -3.76. The summed E-state index contributed by atoms with van der Waals surface area (Å²) in [5.41, 5.74) is 3.30. The lowest BCUT2D eigenvalue weighted by Crippen LogP contribution is -2.44. The Bertz CT molecular complexity index is 1320. The summed E-state index contributed by atoms with van der Waals surface area (Å²) in [7, 11) is 0. The maximum absolute atomic E-state index is 11.0. The minimum Gasteiger partial charge on any atom is -0.364 e. The van der Waals surface area contributed by atoms with Crippen LogP contribution in [0.25, 0.3) is 11.2 Å². The zero-order valence-corrected chi connectivity index (χ0v) is 19.1. The third kappa shape index (κ3) is 4.63. The zero-order valence-electron chi connectivity index (χ0n) is 18.3. The zero-order chi connectivity index (χ0) is 23.5. The standard InChI is InChI=1S/C23H23ClN8O2/c24-19-4-2-1-3-17(19)13-26-21-20-22(29-23(28-21)30-11-9-25-10-12-30)31(15-27-20)14-16-5-7-18(8-6-16)32(33)34/h1-8,15,25H,9-14H2,(H,26,28,29). The first kappa shape index (κ1) is 22.1. The number of anilines is 2. The first-order valence-electron chi connectivity index (χ1n) is 11.0. The largest absolute Gasteiger partial charge is 0.364 e. The van der Waals surface area contributed by atoms with Crippen molar-refractivity contribution in [2.75, 3.05) is 36.4 Å². The van der Waals surface area contributed by atoms with E-state index < -0.39 is 4.92 Å². The van der Waals surface area contributed by atoms with Gasteiger partial charge >= 0.3 is 0 Å². The van der Waals surface area contributed by atoms with Crippen molar-refractivity contribution in [1.29, 1.82) is 0 Å². The van der Waals surface area contributed by atoms with E-state index in [0.29, 0.717) is 41.0 Å². The van der Waals surface area contributed by atoms with E-state index in [1.165, 1.54) is 12.1 Å². The Balaban J connectivity index is 1.49. The minimum absolute atomic E-state index is 0.0635. The molecule has 0 unspecified atom stereocenters. The molecule has 0 atom stereocenters. The van der Waals surface area contributed by atoms with Crippen LogP contribution in [0.2, 0.25) is 5.02 Å². The van der Waals surface area contributed by atoms with Gasteiger partial charge in [0.1, 0.15) is 0 Å². The Kier molecular flexibility index (Phi) is 6.24. The lowest BCUT2D eigenvalue weighted by molar-refractivity contribution is -0.384. The van der Waals surface area contributed by atoms with Gasteiger partial charge < -0.3 is 20.1 Å². The highest BCUT2D eigenvalue weighted by Gasteiger charge is 2.19. The molecule has 11 heteroatoms. The number of nitrogens with zero attached hydrogens (tertiary/aromatic N) is 6. The molecule has 2 aromatic carbocycles. The highest BCUT2D eigenvalue weighted by atomic mass is 35.5. The molecule has 2 N–H and O–H groups in total. The molecule has 5 rings (SSSR count). The predicted octanol–water partition coefficient (Wildman–Crippen LogP) is 3.46. The number of non-ortho nitro benzene ring substituents is 1. The number of benzene rings is 2. The fourth-order valence-electron chi connectivity index (χ4n) is 3.92. The molecule has 0 bridgehead atoms. The van der Waals surface area contributed by atoms with Gasteiger partial charge in [0.05, 0.1) is 17.8 Å². The topological polar surface area (TPSA) is 114 Å². The summed E-state index contributed by atoms with van der Waals surface area (Å²) in [4.78, 5) is 26.9. The molecule has 0 radical (unpaired) electrons. The molecule has 174 valence electrons. The Morgan fingerprint density at radius 3 is 2.59 bits per heavy atom. The van der Waals surface area contributed by atoms with E-state index in [1.807, 2.05) is 28.8 Å². The number of hydrogen-bond donors (Lipinski definition) is 2. The van der Waals surface area contributed by atoms with Crippen LogP contribution in [0.1, 0.15) is 11.1 Å². The van der Waals surface area contributed by atoms with Gasteiger partial charge in [-0.3, -0.25) is 10.1 Å². The average molecular weight is 479 g/mol. The summed E-state index contributed by atoms with van der Waals surface area (Å²) in [6.07, 6.45) is 1.73. The summed E-state index contributed by atoms with van der Waals surface area (Å²) in [6, 6.07) is 14.2. The van der Waals surface area contributed by atoms with Crippen LogP contribution in [-0.4, -0.2) is 50.6 Å². The van der Waals surface area contributed by atoms with E-state index in [4.69, 9.17) is 21.6 Å². The molecule has 1 aliphatic heterocycles. The summed E-state index contributed by atoms with van der Waals surface area (Å²) in [6.45, 7) is 4.34. The van der Waals surface area contributed by atoms with E-state index in [-0.39, 0.29) is 5.69 Å². The van der Waals surface area contributed by atoms with E-state index in [1.54, 1.807) is 18.5 Å². The van der Waals surface area contributed by atoms with Gasteiger partial charge in [-0.05, 0) is 17.2 Å². The van der Waals surface area contributed by atoms with E-state index >= 15 is 0 Å². The number of hydrogen-bond acceptors (Lipinski definition) is 8. The number of nitro groups is 1. The summed E-state index contributed by atoms with van der Waals surface area (Å²) >= 11 is 6.34. The van der Waals surface area contributed by atoms with Crippen LogP contribution >= 0.6 is 11.6 Å². The highest BCUT2D eigenvalue weighted by Crippen LogP contribution is 2.25. The molecule has 3 heterocycles. The molecule has 0 spiro atoms. The van der Waals surface area contributed by atoms with E-state index in [9.17, 15) is 10.1 Å². The van der Waals surface area contributed by atoms with Crippen LogP contribution in [-0.2, 0) is 13.1 Å². The molecule has 2 aromatic heterocycles. The number of aromatic nitrogens is 4. The molecule has 0 amide bonds. The predicted molar refractivity (Wildman–Crippen MR) is 131 cm³/mol. The molecule has 0 aliphatic carbocycles. The highest BCUT2D eigenvalue weighted by molar-refractivity contribution is 6.31. The molecule has 1 fully saturated rings. The number of imidazole rings is 1. The molecule has 0 saturated carbocycles. The van der Waals surface area contributed by atoms with Crippen LogP contribution in [0, 0.1) is 10.1 Å². The lowest BCUT2D eigenvalue weighted by atomic mass is 10.2. The van der Waals surface area contributed by atoms with Gasteiger partial charge in [-0.1, -0.05) is 41.9 Å². The molecule has 10 nitrogen and oxygen atoms in total. The normalized spacial score (nSPS) is 13.9. The fourth-order valence-corrected chi connectivity index (χ4v) is 4.12. The van der Waals surface area contributed by atoms with Crippen molar-refractivity contribution in [2.24, 2.45) is 0 Å². The third-order valence-corrected chi connectivity index (χ3v) is 6.12. The maximum Gasteiger partial charge on any atom is 0.269 e. The van der Waals surface area contributed by atoms with Crippen molar-refractivity contribution >= 4 is 40.2 Å². The Morgan fingerprint density at radius 1 is 1.09 bits per heavy atom. The van der Waals surface area contributed by atoms with Crippen molar-refractivity contribution in [3.8, 4) is 0 Å². The van der Waals surface area contributed by atoms with Gasteiger partial charge in [0, 0.05) is 49.9 Å². The van der Waals surface area contributed by atoms with Crippen molar-refractivity contribution in [2.45, 2.75) is 13.1 Å². The second-order valence-electron chi connectivity index (χ2n) is 8.02. The molecule has 34 heavy (non-hydrogen) atoms. The first-order valence-corrected chi connectivity index (χ1v) is 11.4. The lowest BCUT2D eigenvalue weighted by Gasteiger charge is -2.27. The SMILES string of the molecule is O=[N+]([O-])c1ccc(Cn2cnc3c(NCc4ccccc4Cl)nc(N4CCNCC4)nc32)cc1. The fraction of sp³-hybridized carbons (Fsp3) is 0.261. The number of rotatable bonds is 7. The molecule has 1 saturated heterocycles. The molecule has 1 aliphatic rings. The summed E-state index contributed by atoms with van der Waals surface area (Å²) < 4.78 is 1.94. The van der Waals surface area contributed by atoms with Crippen LogP contribution in [0.4, 0.5) is 17.5 Å². The third-order valence-electron chi connectivity index (χ3n) is 5.76. The summed E-state index contributed by atoms with van der Waals surface area (Å²) in [5, 5.41) is 18.4. The van der Waals surface area contributed by atoms with Gasteiger partial charge in [-0.2, -0.15) is 9.97 Å². The van der Waals surface area contributed by atoms with Crippen molar-refractivity contribution in [3.05, 3.63) is 81.1 Å². The number of fused-ring (bicyclic) bond motifs is 1. The van der Waals surface area contributed by atoms with Crippen LogP contribution in [0.3, 0.4) is 0 Å². The second kappa shape index (κ2) is 9.62. The van der Waals surface area contributed by atoms with Gasteiger partial charge in [0.15, 0.2) is 17.0 Å².